The summed E-state index contributed by atoms with van der Waals surface area (Å²) < 4.78 is 6.16. The van der Waals surface area contributed by atoms with E-state index in [1.165, 1.54) is 12.5 Å². The van der Waals surface area contributed by atoms with E-state index in [0.29, 0.717) is 23.4 Å². The van der Waals surface area contributed by atoms with E-state index in [-0.39, 0.29) is 5.43 Å². The average molecular weight is 314 g/mol. The second kappa shape index (κ2) is 5.52. The lowest BCUT2D eigenvalue weighted by Gasteiger charge is -2.02. The molecule has 0 aliphatic rings. The van der Waals surface area contributed by atoms with E-state index < -0.39 is 0 Å². The molecule has 0 spiro atoms. The van der Waals surface area contributed by atoms with Crippen molar-refractivity contribution in [3.05, 3.63) is 57.1 Å². The van der Waals surface area contributed by atoms with Gasteiger partial charge in [-0.15, -0.1) is 11.6 Å². The molecule has 0 N–H and O–H groups in total. The van der Waals surface area contributed by atoms with Crippen molar-refractivity contribution in [2.24, 2.45) is 0 Å². The summed E-state index contributed by atoms with van der Waals surface area (Å²) in [5.41, 5.74) is 2.01. The molecule has 17 heavy (non-hydrogen) atoms. The zero-order valence-electron chi connectivity index (χ0n) is 8.95. The van der Waals surface area contributed by atoms with Crippen LogP contribution in [0.5, 0.6) is 0 Å². The topological polar surface area (TPSA) is 30.2 Å². The number of hydrogen-bond donors (Lipinski definition) is 0. The van der Waals surface area contributed by atoms with Crippen molar-refractivity contribution in [3.8, 4) is 11.1 Å². The lowest BCUT2D eigenvalue weighted by molar-refractivity contribution is 0.543. The first-order valence-corrected chi connectivity index (χ1v) is 6.46. The molecule has 0 saturated heterocycles. The number of halogens is 2. The minimum absolute atomic E-state index is 0.0146. The minimum atomic E-state index is -0.0146. The Kier molecular flexibility index (Phi) is 4.02. The monoisotopic (exact) mass is 312 g/mol. The van der Waals surface area contributed by atoms with Gasteiger partial charge in [0.1, 0.15) is 6.26 Å². The maximum atomic E-state index is 12.1. The normalized spacial score (nSPS) is 10.5. The Bertz CT molecular complexity index is 560. The van der Waals surface area contributed by atoms with Crippen molar-refractivity contribution >= 4 is 27.5 Å². The highest BCUT2D eigenvalue weighted by molar-refractivity contribution is 9.10. The Hall–Kier alpha value is -1.06. The van der Waals surface area contributed by atoms with Gasteiger partial charge in [-0.05, 0) is 24.1 Å². The van der Waals surface area contributed by atoms with Crippen molar-refractivity contribution in [1.82, 2.24) is 0 Å². The van der Waals surface area contributed by atoms with E-state index in [2.05, 4.69) is 15.9 Å². The Morgan fingerprint density at radius 2 is 1.88 bits per heavy atom. The molecule has 0 saturated carbocycles. The van der Waals surface area contributed by atoms with Crippen molar-refractivity contribution in [1.29, 1.82) is 0 Å². The predicted molar refractivity (Wildman–Crippen MR) is 72.5 cm³/mol. The number of benzene rings is 1. The summed E-state index contributed by atoms with van der Waals surface area (Å²) in [6, 6.07) is 7.54. The molecule has 0 aliphatic heterocycles. The van der Waals surface area contributed by atoms with Gasteiger partial charge in [-0.2, -0.15) is 0 Å². The molecule has 1 aromatic heterocycles. The van der Waals surface area contributed by atoms with Crippen LogP contribution in [0.2, 0.25) is 0 Å². The van der Waals surface area contributed by atoms with Gasteiger partial charge < -0.3 is 4.42 Å². The fraction of sp³-hybridized carbons (Fsp3) is 0.154. The first-order chi connectivity index (χ1) is 8.22. The first kappa shape index (κ1) is 12.4. The van der Waals surface area contributed by atoms with Crippen LogP contribution in [-0.2, 0) is 6.42 Å². The van der Waals surface area contributed by atoms with E-state index in [9.17, 15) is 4.79 Å². The summed E-state index contributed by atoms with van der Waals surface area (Å²) in [5, 5.41) is 0. The van der Waals surface area contributed by atoms with E-state index in [4.69, 9.17) is 16.0 Å². The fourth-order valence-corrected chi connectivity index (χ4v) is 2.03. The van der Waals surface area contributed by atoms with E-state index in [1.54, 1.807) is 0 Å². The molecular formula is C13H10BrClO2. The summed E-state index contributed by atoms with van der Waals surface area (Å²) in [5.74, 6) is 0.411. The van der Waals surface area contributed by atoms with Gasteiger partial charge in [0.2, 0.25) is 0 Å². The molecular weight excluding hydrogens is 303 g/mol. The van der Waals surface area contributed by atoms with Crippen LogP contribution in [0, 0.1) is 0 Å². The van der Waals surface area contributed by atoms with Gasteiger partial charge in [0.05, 0.1) is 11.8 Å². The van der Waals surface area contributed by atoms with Gasteiger partial charge in [0.15, 0.2) is 5.43 Å². The maximum absolute atomic E-state index is 12.1. The van der Waals surface area contributed by atoms with Crippen molar-refractivity contribution in [2.45, 2.75) is 6.42 Å². The highest BCUT2D eigenvalue weighted by Gasteiger charge is 2.08. The second-order valence-corrected chi connectivity index (χ2v) is 4.88. The zero-order chi connectivity index (χ0) is 12.3. The Labute approximate surface area is 112 Å². The summed E-state index contributed by atoms with van der Waals surface area (Å²) in [6.45, 7) is 0. The maximum Gasteiger partial charge on any atom is 0.195 e. The lowest BCUT2D eigenvalue weighted by Crippen LogP contribution is -2.11. The Morgan fingerprint density at radius 3 is 2.53 bits per heavy atom. The summed E-state index contributed by atoms with van der Waals surface area (Å²) in [6.07, 6.45) is 3.46. The van der Waals surface area contributed by atoms with Crippen LogP contribution in [0.1, 0.15) is 5.56 Å². The third-order valence-electron chi connectivity index (χ3n) is 2.45. The van der Waals surface area contributed by atoms with Crippen LogP contribution < -0.4 is 5.43 Å². The van der Waals surface area contributed by atoms with Gasteiger partial charge in [0, 0.05) is 15.9 Å². The predicted octanol–water partition coefficient (Wildman–Crippen LogP) is 3.85. The number of hydrogen-bond acceptors (Lipinski definition) is 2. The molecule has 0 amide bonds. The SMILES string of the molecule is O=c1c(CCCl)cocc1-c1ccc(Br)cc1. The molecule has 2 rings (SSSR count). The number of rotatable bonds is 3. The number of alkyl halides is 1. The summed E-state index contributed by atoms with van der Waals surface area (Å²) in [7, 11) is 0. The first-order valence-electron chi connectivity index (χ1n) is 5.13. The molecule has 88 valence electrons. The second-order valence-electron chi connectivity index (χ2n) is 3.59. The molecule has 0 bridgehead atoms. The third kappa shape index (κ3) is 2.79. The van der Waals surface area contributed by atoms with Crippen molar-refractivity contribution < 1.29 is 4.42 Å². The highest BCUT2D eigenvalue weighted by Crippen LogP contribution is 2.19. The van der Waals surface area contributed by atoms with Gasteiger partial charge >= 0.3 is 0 Å². The molecule has 1 aromatic carbocycles. The molecule has 0 aliphatic carbocycles. The quantitative estimate of drug-likeness (QED) is 0.806. The van der Waals surface area contributed by atoms with E-state index in [0.717, 1.165) is 10.0 Å². The van der Waals surface area contributed by atoms with Crippen LogP contribution in [0.4, 0.5) is 0 Å². The lowest BCUT2D eigenvalue weighted by atomic mass is 10.1. The largest absolute Gasteiger partial charge is 0.471 e. The molecule has 0 radical (unpaired) electrons. The minimum Gasteiger partial charge on any atom is -0.471 e. The van der Waals surface area contributed by atoms with Crippen LogP contribution in [0.15, 0.2) is 50.5 Å². The van der Waals surface area contributed by atoms with E-state index in [1.807, 2.05) is 24.3 Å². The summed E-state index contributed by atoms with van der Waals surface area (Å²) >= 11 is 9.00. The Morgan fingerprint density at radius 1 is 1.18 bits per heavy atom. The van der Waals surface area contributed by atoms with Crippen molar-refractivity contribution in [3.63, 3.8) is 0 Å². The number of aryl methyl sites for hydroxylation is 1. The van der Waals surface area contributed by atoms with Gasteiger partial charge in [-0.1, -0.05) is 28.1 Å². The Balaban J connectivity index is 2.49. The molecule has 2 aromatic rings. The standard InChI is InChI=1S/C13H10BrClO2/c14-11-3-1-9(2-4-11)12-8-17-7-10(5-6-15)13(12)16/h1-4,7-8H,5-6H2. The highest BCUT2D eigenvalue weighted by atomic mass is 79.9. The molecule has 0 fully saturated rings. The van der Waals surface area contributed by atoms with Crippen molar-refractivity contribution in [2.75, 3.05) is 5.88 Å². The van der Waals surface area contributed by atoms with Crippen LogP contribution >= 0.6 is 27.5 Å². The zero-order valence-corrected chi connectivity index (χ0v) is 11.3. The van der Waals surface area contributed by atoms with E-state index >= 15 is 0 Å². The van der Waals surface area contributed by atoms with Crippen LogP contribution in [0.25, 0.3) is 11.1 Å². The fourth-order valence-electron chi connectivity index (χ4n) is 1.57. The molecule has 0 unspecified atom stereocenters. The molecule has 4 heteroatoms. The van der Waals surface area contributed by atoms with Gasteiger partial charge in [-0.3, -0.25) is 4.79 Å². The summed E-state index contributed by atoms with van der Waals surface area (Å²) in [4.78, 5) is 12.1. The van der Waals surface area contributed by atoms with Gasteiger partial charge in [0.25, 0.3) is 0 Å². The van der Waals surface area contributed by atoms with Crippen LogP contribution in [0.3, 0.4) is 0 Å². The smallest absolute Gasteiger partial charge is 0.195 e. The molecule has 1 heterocycles. The molecule has 0 atom stereocenters. The van der Waals surface area contributed by atoms with Gasteiger partial charge in [-0.25, -0.2) is 0 Å². The van der Waals surface area contributed by atoms with Crippen LogP contribution in [-0.4, -0.2) is 5.88 Å². The molecule has 2 nitrogen and oxygen atoms in total. The average Bonchev–Trinajstić information content (AvgIpc) is 2.34. The third-order valence-corrected chi connectivity index (χ3v) is 3.17.